The number of halogens is 1. The van der Waals surface area contributed by atoms with Gasteiger partial charge in [-0.15, -0.1) is 22.7 Å². The van der Waals surface area contributed by atoms with Gasteiger partial charge in [-0.2, -0.15) is 0 Å². The van der Waals surface area contributed by atoms with E-state index in [0.29, 0.717) is 5.92 Å². The van der Waals surface area contributed by atoms with Gasteiger partial charge >= 0.3 is 0 Å². The second-order valence-electron chi connectivity index (χ2n) is 4.77. The fourth-order valence-corrected chi connectivity index (χ4v) is 3.98. The number of hydrogen-bond donors (Lipinski definition) is 1. The van der Waals surface area contributed by atoms with E-state index in [1.165, 1.54) is 0 Å². The van der Waals surface area contributed by atoms with Crippen LogP contribution in [0.25, 0.3) is 0 Å². The molecule has 3 heterocycles. The standard InChI is InChI=1S/C15H15ClN2OS2/c1-10(15-17-6-8-20-15)9-18-14(11-3-2-7-19-11)12-4-5-13(16)21-12/h2-8,10,14,18H,9H2,1H3. The topological polar surface area (TPSA) is 38.1 Å². The van der Waals surface area contributed by atoms with Crippen molar-refractivity contribution in [2.75, 3.05) is 6.54 Å². The van der Waals surface area contributed by atoms with Crippen LogP contribution < -0.4 is 5.32 Å². The molecule has 1 N–H and O–H groups in total. The SMILES string of the molecule is CC(CNC(c1ccco1)c1ccc(Cl)s1)c1nccs1. The first-order chi connectivity index (χ1) is 10.2. The van der Waals surface area contributed by atoms with Crippen LogP contribution in [0, 0.1) is 0 Å². The van der Waals surface area contributed by atoms with Crippen LogP contribution >= 0.6 is 34.3 Å². The van der Waals surface area contributed by atoms with Gasteiger partial charge in [-0.25, -0.2) is 4.98 Å². The highest BCUT2D eigenvalue weighted by Crippen LogP contribution is 2.31. The number of hydrogen-bond acceptors (Lipinski definition) is 5. The van der Waals surface area contributed by atoms with Crippen molar-refractivity contribution < 1.29 is 4.42 Å². The van der Waals surface area contributed by atoms with Crippen LogP contribution in [-0.2, 0) is 0 Å². The van der Waals surface area contributed by atoms with Crippen molar-refractivity contribution >= 4 is 34.3 Å². The number of furan rings is 1. The molecule has 3 nitrogen and oxygen atoms in total. The van der Waals surface area contributed by atoms with Crippen molar-refractivity contribution in [3.63, 3.8) is 0 Å². The van der Waals surface area contributed by atoms with Crippen molar-refractivity contribution in [3.8, 4) is 0 Å². The van der Waals surface area contributed by atoms with Gasteiger partial charge in [-0.1, -0.05) is 18.5 Å². The Morgan fingerprint density at radius 1 is 1.38 bits per heavy atom. The Morgan fingerprint density at radius 3 is 2.90 bits per heavy atom. The number of nitrogens with one attached hydrogen (secondary N) is 1. The zero-order valence-corrected chi connectivity index (χ0v) is 13.8. The Morgan fingerprint density at radius 2 is 2.29 bits per heavy atom. The lowest BCUT2D eigenvalue weighted by molar-refractivity contribution is 0.442. The van der Waals surface area contributed by atoms with E-state index in [2.05, 4.69) is 17.2 Å². The Kier molecular flexibility index (Phi) is 4.75. The third kappa shape index (κ3) is 3.55. The highest BCUT2D eigenvalue weighted by molar-refractivity contribution is 7.16. The molecule has 110 valence electrons. The zero-order valence-electron chi connectivity index (χ0n) is 11.5. The van der Waals surface area contributed by atoms with E-state index in [9.17, 15) is 0 Å². The van der Waals surface area contributed by atoms with E-state index in [-0.39, 0.29) is 6.04 Å². The van der Waals surface area contributed by atoms with Gasteiger partial charge in [0.05, 0.1) is 15.6 Å². The lowest BCUT2D eigenvalue weighted by Crippen LogP contribution is -2.25. The maximum Gasteiger partial charge on any atom is 0.126 e. The number of rotatable bonds is 6. The Labute approximate surface area is 136 Å². The summed E-state index contributed by atoms with van der Waals surface area (Å²) in [6, 6.07) is 7.88. The highest BCUT2D eigenvalue weighted by Gasteiger charge is 2.20. The van der Waals surface area contributed by atoms with E-state index in [1.54, 1.807) is 28.9 Å². The molecule has 2 atom stereocenters. The van der Waals surface area contributed by atoms with E-state index >= 15 is 0 Å². The summed E-state index contributed by atoms with van der Waals surface area (Å²) < 4.78 is 6.36. The lowest BCUT2D eigenvalue weighted by atomic mass is 10.1. The summed E-state index contributed by atoms with van der Waals surface area (Å²) in [5.74, 6) is 1.26. The largest absolute Gasteiger partial charge is 0.467 e. The molecule has 0 aliphatic carbocycles. The second-order valence-corrected chi connectivity index (χ2v) is 7.44. The molecular weight excluding hydrogens is 324 g/mol. The van der Waals surface area contributed by atoms with Gasteiger partial charge in [0.2, 0.25) is 0 Å². The summed E-state index contributed by atoms with van der Waals surface area (Å²) >= 11 is 9.32. The minimum Gasteiger partial charge on any atom is -0.467 e. The lowest BCUT2D eigenvalue weighted by Gasteiger charge is -2.17. The number of thiophene rings is 1. The predicted octanol–water partition coefficient (Wildman–Crippen LogP) is 4.93. The first kappa shape index (κ1) is 14.8. The van der Waals surface area contributed by atoms with Crippen molar-refractivity contribution in [3.05, 3.63) is 62.1 Å². The number of aromatic nitrogens is 1. The number of nitrogens with zero attached hydrogens (tertiary/aromatic N) is 1. The first-order valence-electron chi connectivity index (χ1n) is 6.65. The van der Waals surface area contributed by atoms with Crippen LogP contribution in [0.5, 0.6) is 0 Å². The molecule has 3 aromatic rings. The fourth-order valence-electron chi connectivity index (χ4n) is 2.14. The van der Waals surface area contributed by atoms with Gasteiger partial charge < -0.3 is 9.73 Å². The van der Waals surface area contributed by atoms with Gasteiger partial charge in [0.15, 0.2) is 0 Å². The maximum absolute atomic E-state index is 6.06. The summed E-state index contributed by atoms with van der Waals surface area (Å²) in [6.45, 7) is 3.00. The third-order valence-electron chi connectivity index (χ3n) is 3.21. The van der Waals surface area contributed by atoms with Crippen LogP contribution in [0.2, 0.25) is 4.34 Å². The van der Waals surface area contributed by atoms with Crippen LogP contribution in [0.15, 0.2) is 46.5 Å². The van der Waals surface area contributed by atoms with Gasteiger partial charge in [-0.05, 0) is 24.3 Å². The molecule has 0 spiro atoms. The highest BCUT2D eigenvalue weighted by atomic mass is 35.5. The molecule has 3 aromatic heterocycles. The molecule has 0 aliphatic rings. The van der Waals surface area contributed by atoms with Crippen LogP contribution in [0.4, 0.5) is 0 Å². The van der Waals surface area contributed by atoms with E-state index < -0.39 is 0 Å². The maximum atomic E-state index is 6.06. The van der Waals surface area contributed by atoms with Gasteiger partial charge in [0.25, 0.3) is 0 Å². The second kappa shape index (κ2) is 6.75. The van der Waals surface area contributed by atoms with Crippen molar-refractivity contribution in [1.82, 2.24) is 10.3 Å². The van der Waals surface area contributed by atoms with Gasteiger partial charge in [0.1, 0.15) is 11.8 Å². The summed E-state index contributed by atoms with van der Waals surface area (Å²) in [6.07, 6.45) is 3.54. The summed E-state index contributed by atoms with van der Waals surface area (Å²) in [5, 5.41) is 6.72. The first-order valence-corrected chi connectivity index (χ1v) is 8.73. The Balaban J connectivity index is 1.74. The van der Waals surface area contributed by atoms with Crippen LogP contribution in [0.3, 0.4) is 0 Å². The Bertz CT molecular complexity index is 664. The van der Waals surface area contributed by atoms with E-state index in [4.69, 9.17) is 16.0 Å². The third-order valence-corrected chi connectivity index (χ3v) is 5.51. The molecule has 0 aliphatic heterocycles. The van der Waals surface area contributed by atoms with Crippen molar-refractivity contribution in [2.24, 2.45) is 0 Å². The minimum atomic E-state index is 0.0277. The molecule has 0 aromatic carbocycles. The smallest absolute Gasteiger partial charge is 0.126 e. The van der Waals surface area contributed by atoms with Gasteiger partial charge in [0, 0.05) is 28.9 Å². The molecule has 3 rings (SSSR count). The molecule has 21 heavy (non-hydrogen) atoms. The van der Waals surface area contributed by atoms with E-state index in [0.717, 1.165) is 26.5 Å². The molecule has 0 saturated carbocycles. The number of thiazole rings is 1. The molecule has 0 amide bonds. The fraction of sp³-hybridized carbons (Fsp3) is 0.267. The molecule has 2 unspecified atom stereocenters. The molecule has 6 heteroatoms. The molecule has 0 fully saturated rings. The van der Waals surface area contributed by atoms with Crippen molar-refractivity contribution in [1.29, 1.82) is 0 Å². The molecule has 0 bridgehead atoms. The zero-order chi connectivity index (χ0) is 14.7. The quantitative estimate of drug-likeness (QED) is 0.692. The summed E-state index contributed by atoms with van der Waals surface area (Å²) in [7, 11) is 0. The predicted molar refractivity (Wildman–Crippen MR) is 88.4 cm³/mol. The van der Waals surface area contributed by atoms with Crippen molar-refractivity contribution in [2.45, 2.75) is 18.9 Å². The van der Waals surface area contributed by atoms with Crippen LogP contribution in [-0.4, -0.2) is 11.5 Å². The van der Waals surface area contributed by atoms with E-state index in [1.807, 2.05) is 35.8 Å². The monoisotopic (exact) mass is 338 g/mol. The van der Waals surface area contributed by atoms with Gasteiger partial charge in [-0.3, -0.25) is 0 Å². The molecule has 0 radical (unpaired) electrons. The summed E-state index contributed by atoms with van der Waals surface area (Å²) in [4.78, 5) is 5.52. The minimum absolute atomic E-state index is 0.0277. The average Bonchev–Trinajstić information content (AvgIpc) is 3.21. The molecular formula is C15H15ClN2OS2. The van der Waals surface area contributed by atoms with Crippen LogP contribution in [0.1, 0.15) is 34.5 Å². The molecule has 0 saturated heterocycles. The normalized spacial score (nSPS) is 14.2. The summed E-state index contributed by atoms with van der Waals surface area (Å²) in [5.41, 5.74) is 0. The average molecular weight is 339 g/mol. The Hall–Kier alpha value is -1.14.